The van der Waals surface area contributed by atoms with E-state index in [2.05, 4.69) is 0 Å². The Hall–Kier alpha value is -1.29. The maximum absolute atomic E-state index is 13.2. The minimum Gasteiger partial charge on any atom is -0.381 e. The van der Waals surface area contributed by atoms with Crippen molar-refractivity contribution in [2.24, 2.45) is 5.92 Å². The van der Waals surface area contributed by atoms with Gasteiger partial charge in [0, 0.05) is 12.5 Å². The third-order valence-corrected chi connectivity index (χ3v) is 2.49. The SMILES string of the molecule is O=C(c1cc(F)ccc1F)C1CCOC1. The Kier molecular flexibility index (Phi) is 2.77. The average Bonchev–Trinajstić information content (AvgIpc) is 2.74. The summed E-state index contributed by atoms with van der Waals surface area (Å²) >= 11 is 0. The highest BCUT2D eigenvalue weighted by molar-refractivity contribution is 5.98. The Bertz CT molecular complexity index is 384. The first-order valence-electron chi connectivity index (χ1n) is 4.75. The van der Waals surface area contributed by atoms with Crippen LogP contribution in [0.3, 0.4) is 0 Å². The molecule has 0 spiro atoms. The molecule has 0 aliphatic carbocycles. The molecule has 2 rings (SSSR count). The topological polar surface area (TPSA) is 26.3 Å². The molecular formula is C11H10F2O2. The molecule has 1 aliphatic rings. The molecule has 80 valence electrons. The number of rotatable bonds is 2. The first-order chi connectivity index (χ1) is 7.18. The number of carbonyl (C=O) groups excluding carboxylic acids is 1. The van der Waals surface area contributed by atoms with Crippen LogP contribution in [0.1, 0.15) is 16.8 Å². The average molecular weight is 212 g/mol. The van der Waals surface area contributed by atoms with Crippen molar-refractivity contribution in [3.63, 3.8) is 0 Å². The third kappa shape index (κ3) is 2.04. The van der Waals surface area contributed by atoms with Crippen molar-refractivity contribution in [3.05, 3.63) is 35.4 Å². The van der Waals surface area contributed by atoms with Crippen molar-refractivity contribution in [3.8, 4) is 0 Å². The van der Waals surface area contributed by atoms with E-state index < -0.39 is 11.6 Å². The Morgan fingerprint density at radius 2 is 2.20 bits per heavy atom. The fraction of sp³-hybridized carbons (Fsp3) is 0.364. The van der Waals surface area contributed by atoms with Crippen molar-refractivity contribution in [2.45, 2.75) is 6.42 Å². The molecule has 0 amide bonds. The van der Waals surface area contributed by atoms with Gasteiger partial charge in [-0.05, 0) is 24.6 Å². The maximum Gasteiger partial charge on any atom is 0.171 e. The summed E-state index contributed by atoms with van der Waals surface area (Å²) in [5.74, 6) is -1.97. The van der Waals surface area contributed by atoms with Crippen LogP contribution in [0.2, 0.25) is 0 Å². The van der Waals surface area contributed by atoms with E-state index >= 15 is 0 Å². The minimum atomic E-state index is -0.673. The van der Waals surface area contributed by atoms with Gasteiger partial charge in [-0.25, -0.2) is 8.78 Å². The lowest BCUT2D eigenvalue weighted by atomic mass is 9.97. The van der Waals surface area contributed by atoms with Gasteiger partial charge in [-0.3, -0.25) is 4.79 Å². The third-order valence-electron chi connectivity index (χ3n) is 2.49. The molecule has 4 heteroatoms. The Morgan fingerprint density at radius 3 is 2.87 bits per heavy atom. The molecule has 1 heterocycles. The van der Waals surface area contributed by atoms with Crippen LogP contribution in [0.15, 0.2) is 18.2 Å². The molecule has 1 aliphatic heterocycles. The van der Waals surface area contributed by atoms with Crippen molar-refractivity contribution in [1.82, 2.24) is 0 Å². The van der Waals surface area contributed by atoms with E-state index in [1.165, 1.54) is 0 Å². The van der Waals surface area contributed by atoms with Crippen LogP contribution >= 0.6 is 0 Å². The molecule has 1 atom stereocenters. The second-order valence-electron chi connectivity index (χ2n) is 3.55. The number of ether oxygens (including phenoxy) is 1. The highest BCUT2D eigenvalue weighted by Crippen LogP contribution is 2.20. The zero-order valence-corrected chi connectivity index (χ0v) is 8.00. The highest BCUT2D eigenvalue weighted by Gasteiger charge is 2.26. The molecule has 0 N–H and O–H groups in total. The summed E-state index contributed by atoms with van der Waals surface area (Å²) in [7, 11) is 0. The van der Waals surface area contributed by atoms with Crippen molar-refractivity contribution in [2.75, 3.05) is 13.2 Å². The molecule has 0 radical (unpaired) electrons. The monoisotopic (exact) mass is 212 g/mol. The van der Waals surface area contributed by atoms with E-state index in [0.29, 0.717) is 19.6 Å². The van der Waals surface area contributed by atoms with Gasteiger partial charge in [0.25, 0.3) is 0 Å². The number of carbonyl (C=O) groups is 1. The number of ketones is 1. The normalized spacial score (nSPS) is 20.5. The van der Waals surface area contributed by atoms with Gasteiger partial charge < -0.3 is 4.74 Å². The van der Waals surface area contributed by atoms with Gasteiger partial charge >= 0.3 is 0 Å². The lowest BCUT2D eigenvalue weighted by molar-refractivity contribution is 0.0895. The summed E-state index contributed by atoms with van der Waals surface area (Å²) in [5.41, 5.74) is -0.175. The van der Waals surface area contributed by atoms with Crippen LogP contribution in [-0.4, -0.2) is 19.0 Å². The molecule has 1 unspecified atom stereocenters. The Labute approximate surface area is 85.9 Å². The van der Waals surface area contributed by atoms with E-state index in [4.69, 9.17) is 4.74 Å². The first kappa shape index (κ1) is 10.2. The van der Waals surface area contributed by atoms with Gasteiger partial charge in [0.2, 0.25) is 0 Å². The van der Waals surface area contributed by atoms with Crippen molar-refractivity contribution < 1.29 is 18.3 Å². The molecule has 2 nitrogen and oxygen atoms in total. The fourth-order valence-electron chi connectivity index (χ4n) is 1.65. The van der Waals surface area contributed by atoms with Crippen molar-refractivity contribution in [1.29, 1.82) is 0 Å². The molecule has 0 bridgehead atoms. The molecule has 1 fully saturated rings. The zero-order valence-electron chi connectivity index (χ0n) is 8.00. The summed E-state index contributed by atoms with van der Waals surface area (Å²) in [5, 5.41) is 0. The van der Waals surface area contributed by atoms with Crippen LogP contribution in [0.5, 0.6) is 0 Å². The van der Waals surface area contributed by atoms with Gasteiger partial charge in [0.1, 0.15) is 11.6 Å². The number of hydrogen-bond acceptors (Lipinski definition) is 2. The van der Waals surface area contributed by atoms with E-state index in [1.807, 2.05) is 0 Å². The largest absolute Gasteiger partial charge is 0.381 e. The molecule has 1 aromatic carbocycles. The predicted octanol–water partition coefficient (Wildman–Crippen LogP) is 2.18. The second kappa shape index (κ2) is 4.06. The smallest absolute Gasteiger partial charge is 0.171 e. The lowest BCUT2D eigenvalue weighted by Crippen LogP contribution is -2.16. The van der Waals surface area contributed by atoms with E-state index in [9.17, 15) is 13.6 Å². The van der Waals surface area contributed by atoms with E-state index in [-0.39, 0.29) is 17.3 Å². The molecule has 15 heavy (non-hydrogen) atoms. The van der Waals surface area contributed by atoms with Gasteiger partial charge in [0.05, 0.1) is 12.2 Å². The summed E-state index contributed by atoms with van der Waals surface area (Å²) in [6, 6.07) is 2.91. The van der Waals surface area contributed by atoms with Crippen LogP contribution in [-0.2, 0) is 4.74 Å². The molecular weight excluding hydrogens is 202 g/mol. The summed E-state index contributed by atoms with van der Waals surface area (Å²) in [6.07, 6.45) is 0.578. The highest BCUT2D eigenvalue weighted by atomic mass is 19.1. The van der Waals surface area contributed by atoms with Gasteiger partial charge in [0.15, 0.2) is 5.78 Å². The molecule has 0 saturated carbocycles. The quantitative estimate of drug-likeness (QED) is 0.702. The standard InChI is InChI=1S/C11H10F2O2/c12-8-1-2-10(13)9(5-8)11(14)7-3-4-15-6-7/h1-2,5,7H,3-4,6H2. The van der Waals surface area contributed by atoms with Crippen LogP contribution in [0.4, 0.5) is 8.78 Å². The maximum atomic E-state index is 13.2. The van der Waals surface area contributed by atoms with Gasteiger partial charge in [-0.1, -0.05) is 0 Å². The molecule has 1 aromatic rings. The van der Waals surface area contributed by atoms with E-state index in [1.54, 1.807) is 0 Å². The lowest BCUT2D eigenvalue weighted by Gasteiger charge is -2.07. The van der Waals surface area contributed by atoms with Crippen LogP contribution in [0.25, 0.3) is 0 Å². The second-order valence-corrected chi connectivity index (χ2v) is 3.55. The van der Waals surface area contributed by atoms with E-state index in [0.717, 1.165) is 18.2 Å². The number of Topliss-reactive ketones (excluding diaryl/α,β-unsaturated/α-hetero) is 1. The van der Waals surface area contributed by atoms with Crippen LogP contribution in [0, 0.1) is 17.6 Å². The fourth-order valence-corrected chi connectivity index (χ4v) is 1.65. The Morgan fingerprint density at radius 1 is 1.40 bits per heavy atom. The number of benzene rings is 1. The minimum absolute atomic E-state index is 0.175. The summed E-state index contributed by atoms with van der Waals surface area (Å²) in [4.78, 5) is 11.7. The van der Waals surface area contributed by atoms with Crippen molar-refractivity contribution >= 4 is 5.78 Å². The number of halogens is 2. The number of hydrogen-bond donors (Lipinski definition) is 0. The zero-order chi connectivity index (χ0) is 10.8. The van der Waals surface area contributed by atoms with Gasteiger partial charge in [-0.2, -0.15) is 0 Å². The molecule has 0 aromatic heterocycles. The summed E-state index contributed by atoms with van der Waals surface area (Å²) in [6.45, 7) is 0.808. The van der Waals surface area contributed by atoms with Crippen LogP contribution < -0.4 is 0 Å². The first-order valence-corrected chi connectivity index (χ1v) is 4.75. The Balaban J connectivity index is 2.27. The predicted molar refractivity (Wildman–Crippen MR) is 49.6 cm³/mol. The summed E-state index contributed by atoms with van der Waals surface area (Å²) < 4.78 is 31.1. The van der Waals surface area contributed by atoms with Gasteiger partial charge in [-0.15, -0.1) is 0 Å². The molecule has 1 saturated heterocycles.